The first kappa shape index (κ1) is 34.5. The summed E-state index contributed by atoms with van der Waals surface area (Å²) in [4.78, 5) is 5.68. The highest BCUT2D eigenvalue weighted by Crippen LogP contribution is 2.52. The zero-order chi connectivity index (χ0) is 40.0. The molecule has 0 amide bonds. The normalized spacial score (nSPS) is 13.0. The van der Waals surface area contributed by atoms with E-state index in [1.165, 1.54) is 71.2 Å². The number of para-hydroxylation sites is 2. The Morgan fingerprint density at radius 1 is 0.367 bits per heavy atom. The third-order valence-electron chi connectivity index (χ3n) is 12.9. The lowest BCUT2D eigenvalue weighted by Crippen LogP contribution is -2.14. The Kier molecular flexibility index (Phi) is 7.61. The summed E-state index contributed by atoms with van der Waals surface area (Å²) in [5.41, 5.74) is 17.4. The molecule has 0 saturated carbocycles. The second-order valence-electron chi connectivity index (χ2n) is 16.7. The van der Waals surface area contributed by atoms with Gasteiger partial charge < -0.3 is 4.57 Å². The van der Waals surface area contributed by atoms with Crippen LogP contribution in [0.4, 0.5) is 0 Å². The van der Waals surface area contributed by atoms with E-state index in [9.17, 15) is 0 Å². The van der Waals surface area contributed by atoms with Crippen molar-refractivity contribution in [3.63, 3.8) is 0 Å². The van der Waals surface area contributed by atoms with Crippen molar-refractivity contribution in [1.29, 1.82) is 0 Å². The molecular formula is C58H40N2. The van der Waals surface area contributed by atoms with Crippen LogP contribution in [0.2, 0.25) is 0 Å². The van der Waals surface area contributed by atoms with Gasteiger partial charge in [-0.15, -0.1) is 0 Å². The van der Waals surface area contributed by atoms with Gasteiger partial charge >= 0.3 is 0 Å². The molecule has 2 heteroatoms. The molecule has 0 fully saturated rings. The number of rotatable bonds is 5. The van der Waals surface area contributed by atoms with Crippen molar-refractivity contribution in [2.24, 2.45) is 0 Å². The maximum Gasteiger partial charge on any atom is 0.0722 e. The van der Waals surface area contributed by atoms with Gasteiger partial charge in [0.1, 0.15) is 0 Å². The van der Waals surface area contributed by atoms with Crippen LogP contribution in [0.5, 0.6) is 0 Å². The number of fused-ring (bicyclic) bond motifs is 9. The number of nitrogens with zero attached hydrogens (tertiary/aromatic N) is 2. The number of hydrogen-bond donors (Lipinski definition) is 0. The van der Waals surface area contributed by atoms with E-state index in [0.717, 1.165) is 44.9 Å². The van der Waals surface area contributed by atoms with E-state index in [1.54, 1.807) is 0 Å². The molecule has 0 unspecified atom stereocenters. The molecular weight excluding hydrogens is 725 g/mol. The molecule has 0 bridgehead atoms. The number of aromatic nitrogens is 2. The predicted molar refractivity (Wildman–Crippen MR) is 253 cm³/mol. The SMILES string of the molecule is CC1(C)c2ccccc2-c2c(-c3cc(-c4ccccc4)cc(-c4cc(-c5cc6ccccc6c6ccccc56)cc(-n5c6ccccc6c6ccccc65)c4)n3)cccc21. The minimum absolute atomic E-state index is 0.115. The van der Waals surface area contributed by atoms with Crippen LogP contribution in [-0.2, 0) is 5.41 Å². The fourth-order valence-corrected chi connectivity index (χ4v) is 10.1. The molecule has 2 aromatic heterocycles. The molecule has 0 radical (unpaired) electrons. The molecule has 1 aliphatic rings. The Balaban J connectivity index is 1.17. The summed E-state index contributed by atoms with van der Waals surface area (Å²) >= 11 is 0. The van der Waals surface area contributed by atoms with E-state index in [-0.39, 0.29) is 5.41 Å². The molecule has 0 atom stereocenters. The third-order valence-corrected chi connectivity index (χ3v) is 12.9. The fraction of sp³-hybridized carbons (Fsp3) is 0.0517. The quantitative estimate of drug-likeness (QED) is 0.160. The smallest absolute Gasteiger partial charge is 0.0722 e. The average Bonchev–Trinajstić information content (AvgIpc) is 3.77. The van der Waals surface area contributed by atoms with Gasteiger partial charge in [0, 0.05) is 33.0 Å². The Labute approximate surface area is 349 Å². The van der Waals surface area contributed by atoms with Crippen LogP contribution in [-0.4, -0.2) is 9.55 Å². The van der Waals surface area contributed by atoms with Crippen molar-refractivity contribution < 1.29 is 0 Å². The zero-order valence-corrected chi connectivity index (χ0v) is 33.5. The molecule has 0 spiro atoms. The number of benzene rings is 9. The Morgan fingerprint density at radius 2 is 0.950 bits per heavy atom. The van der Waals surface area contributed by atoms with Crippen molar-refractivity contribution in [3.8, 4) is 61.6 Å². The van der Waals surface area contributed by atoms with Crippen molar-refractivity contribution >= 4 is 43.4 Å². The van der Waals surface area contributed by atoms with Crippen LogP contribution >= 0.6 is 0 Å². The molecule has 60 heavy (non-hydrogen) atoms. The van der Waals surface area contributed by atoms with Crippen molar-refractivity contribution in [3.05, 3.63) is 217 Å². The first-order chi connectivity index (χ1) is 29.5. The highest BCUT2D eigenvalue weighted by atomic mass is 15.0. The maximum atomic E-state index is 5.68. The summed E-state index contributed by atoms with van der Waals surface area (Å²) in [5.74, 6) is 0. The summed E-state index contributed by atoms with van der Waals surface area (Å²) in [6, 6.07) is 75.6. The van der Waals surface area contributed by atoms with Gasteiger partial charge in [-0.05, 0) is 115 Å². The maximum absolute atomic E-state index is 5.68. The van der Waals surface area contributed by atoms with E-state index >= 15 is 0 Å². The number of pyridine rings is 1. The Morgan fingerprint density at radius 3 is 1.73 bits per heavy atom. The molecule has 2 nitrogen and oxygen atoms in total. The summed E-state index contributed by atoms with van der Waals surface area (Å²) in [6.07, 6.45) is 0. The van der Waals surface area contributed by atoms with E-state index in [0.29, 0.717) is 0 Å². The molecule has 0 aliphatic heterocycles. The van der Waals surface area contributed by atoms with Crippen LogP contribution in [0.3, 0.4) is 0 Å². The molecule has 11 aromatic rings. The van der Waals surface area contributed by atoms with Crippen molar-refractivity contribution in [2.45, 2.75) is 19.3 Å². The van der Waals surface area contributed by atoms with Crippen LogP contribution < -0.4 is 0 Å². The molecule has 0 saturated heterocycles. The Bertz CT molecular complexity index is 3460. The van der Waals surface area contributed by atoms with Crippen LogP contribution in [0.25, 0.3) is 105 Å². The van der Waals surface area contributed by atoms with Gasteiger partial charge in [0.05, 0.1) is 22.4 Å². The van der Waals surface area contributed by atoms with Crippen LogP contribution in [0.15, 0.2) is 206 Å². The topological polar surface area (TPSA) is 17.8 Å². The highest BCUT2D eigenvalue weighted by Gasteiger charge is 2.36. The minimum Gasteiger partial charge on any atom is -0.309 e. The number of hydrogen-bond acceptors (Lipinski definition) is 1. The standard InChI is InChI=1S/C58H40N2/c1-58(2)51-27-13-10-25-48(51)57-49(26-16-28-52(57)58)54-36-39(37-17-4-3-5-18-37)35-53(59-54)41-31-40(50-34-38-19-6-7-20-43(38)44-21-8-9-22-45(44)50)32-42(33-41)60-55-29-14-11-23-46(55)47-24-12-15-30-56(47)60/h3-36H,1-2H3. The lowest BCUT2D eigenvalue weighted by Gasteiger charge is -2.21. The lowest BCUT2D eigenvalue weighted by atomic mass is 9.82. The van der Waals surface area contributed by atoms with Gasteiger partial charge in [-0.2, -0.15) is 0 Å². The van der Waals surface area contributed by atoms with Gasteiger partial charge in [0.25, 0.3) is 0 Å². The highest BCUT2D eigenvalue weighted by molar-refractivity contribution is 6.14. The first-order valence-corrected chi connectivity index (χ1v) is 20.9. The second kappa shape index (κ2) is 13.2. The van der Waals surface area contributed by atoms with Crippen LogP contribution in [0, 0.1) is 0 Å². The van der Waals surface area contributed by atoms with Gasteiger partial charge in [0.15, 0.2) is 0 Å². The molecule has 2 heterocycles. The zero-order valence-electron chi connectivity index (χ0n) is 33.5. The van der Waals surface area contributed by atoms with Gasteiger partial charge in [0.2, 0.25) is 0 Å². The predicted octanol–water partition coefficient (Wildman–Crippen LogP) is 15.5. The molecule has 0 N–H and O–H groups in total. The minimum atomic E-state index is -0.115. The average molecular weight is 765 g/mol. The summed E-state index contributed by atoms with van der Waals surface area (Å²) in [6.45, 7) is 4.69. The van der Waals surface area contributed by atoms with E-state index < -0.39 is 0 Å². The largest absolute Gasteiger partial charge is 0.309 e. The molecule has 1 aliphatic carbocycles. The van der Waals surface area contributed by atoms with Gasteiger partial charge in [-0.3, -0.25) is 0 Å². The summed E-state index contributed by atoms with van der Waals surface area (Å²) in [7, 11) is 0. The van der Waals surface area contributed by atoms with Gasteiger partial charge in [-0.1, -0.05) is 172 Å². The van der Waals surface area contributed by atoms with E-state index in [4.69, 9.17) is 4.98 Å². The van der Waals surface area contributed by atoms with Crippen LogP contribution in [0.1, 0.15) is 25.0 Å². The lowest BCUT2D eigenvalue weighted by molar-refractivity contribution is 0.660. The summed E-state index contributed by atoms with van der Waals surface area (Å²) < 4.78 is 2.44. The third kappa shape index (κ3) is 5.24. The first-order valence-electron chi connectivity index (χ1n) is 20.9. The molecule has 9 aromatic carbocycles. The fourth-order valence-electron chi connectivity index (χ4n) is 10.1. The van der Waals surface area contributed by atoms with E-state index in [1.807, 2.05) is 0 Å². The molecule has 12 rings (SSSR count). The monoisotopic (exact) mass is 764 g/mol. The van der Waals surface area contributed by atoms with Crippen molar-refractivity contribution in [2.75, 3.05) is 0 Å². The second-order valence-corrected chi connectivity index (χ2v) is 16.7. The summed E-state index contributed by atoms with van der Waals surface area (Å²) in [5, 5.41) is 7.45. The van der Waals surface area contributed by atoms with E-state index in [2.05, 4.69) is 225 Å². The Hall–Kier alpha value is -7.55. The van der Waals surface area contributed by atoms with Crippen molar-refractivity contribution in [1.82, 2.24) is 9.55 Å². The molecule has 282 valence electrons. The van der Waals surface area contributed by atoms with Gasteiger partial charge in [-0.25, -0.2) is 4.98 Å².